The number of nitriles is 1. The van der Waals surface area contributed by atoms with Crippen LogP contribution in [0.5, 0.6) is 0 Å². The van der Waals surface area contributed by atoms with Crippen molar-refractivity contribution in [3.8, 4) is 6.07 Å². The molecular weight excluding hydrogens is 174 g/mol. The number of ether oxygens (including phenoxy) is 1. The first-order valence-corrected chi connectivity index (χ1v) is 4.61. The molecule has 0 heterocycles. The molecule has 0 amide bonds. The Bertz CT molecular complexity index is 335. The van der Waals surface area contributed by atoms with E-state index in [1.165, 1.54) is 6.26 Å². The van der Waals surface area contributed by atoms with Crippen molar-refractivity contribution in [2.45, 2.75) is 13.3 Å². The van der Waals surface area contributed by atoms with Crippen molar-refractivity contribution in [2.75, 3.05) is 6.61 Å². The third-order valence-corrected chi connectivity index (χ3v) is 1.77. The van der Waals surface area contributed by atoms with Gasteiger partial charge in [-0.15, -0.1) is 0 Å². The van der Waals surface area contributed by atoms with Crippen LogP contribution in [-0.4, -0.2) is 6.61 Å². The molecule has 14 heavy (non-hydrogen) atoms. The molecule has 1 aromatic carbocycles. The highest BCUT2D eigenvalue weighted by molar-refractivity contribution is 5.28. The van der Waals surface area contributed by atoms with Crippen LogP contribution in [0.15, 0.2) is 42.2 Å². The second-order valence-electron chi connectivity index (χ2n) is 2.87. The van der Waals surface area contributed by atoms with Crippen LogP contribution in [0.3, 0.4) is 0 Å². The van der Waals surface area contributed by atoms with E-state index in [-0.39, 0.29) is 0 Å². The molecule has 0 saturated heterocycles. The van der Waals surface area contributed by atoms with Crippen molar-refractivity contribution < 1.29 is 4.74 Å². The zero-order valence-electron chi connectivity index (χ0n) is 8.23. The molecule has 0 bridgehead atoms. The second kappa shape index (κ2) is 5.82. The van der Waals surface area contributed by atoms with Gasteiger partial charge in [0.15, 0.2) is 0 Å². The molecule has 0 N–H and O–H groups in total. The number of hydrogen-bond acceptors (Lipinski definition) is 2. The van der Waals surface area contributed by atoms with E-state index in [1.54, 1.807) is 0 Å². The van der Waals surface area contributed by atoms with Gasteiger partial charge in [0.05, 0.1) is 24.5 Å². The smallest absolute Gasteiger partial charge is 0.0982 e. The fraction of sp³-hybridized carbons (Fsp3) is 0.250. The van der Waals surface area contributed by atoms with Gasteiger partial charge in [-0.3, -0.25) is 0 Å². The highest BCUT2D eigenvalue weighted by atomic mass is 16.5. The van der Waals surface area contributed by atoms with Crippen LogP contribution in [0.2, 0.25) is 0 Å². The van der Waals surface area contributed by atoms with Gasteiger partial charge in [0.1, 0.15) is 0 Å². The van der Waals surface area contributed by atoms with Gasteiger partial charge < -0.3 is 4.74 Å². The van der Waals surface area contributed by atoms with E-state index >= 15 is 0 Å². The maximum atomic E-state index is 8.82. The number of hydrogen-bond donors (Lipinski definition) is 0. The van der Waals surface area contributed by atoms with E-state index in [0.717, 1.165) is 5.56 Å². The molecule has 0 saturated carbocycles. The first-order valence-electron chi connectivity index (χ1n) is 4.61. The lowest BCUT2D eigenvalue weighted by atomic mass is 10.1. The third-order valence-electron chi connectivity index (χ3n) is 1.77. The van der Waals surface area contributed by atoms with Gasteiger partial charge in [0, 0.05) is 6.42 Å². The Balaban J connectivity index is 2.63. The quantitative estimate of drug-likeness (QED) is 0.536. The predicted molar refractivity (Wildman–Crippen MR) is 55.5 cm³/mol. The molecule has 0 radical (unpaired) electrons. The zero-order valence-corrected chi connectivity index (χ0v) is 8.23. The summed E-state index contributed by atoms with van der Waals surface area (Å²) in [5.74, 6) is 0. The predicted octanol–water partition coefficient (Wildman–Crippen LogP) is 2.67. The minimum absolute atomic E-state index is 0.597. The Morgan fingerprint density at radius 2 is 2.14 bits per heavy atom. The largest absolute Gasteiger partial charge is 0.500 e. The van der Waals surface area contributed by atoms with Gasteiger partial charge in [-0.2, -0.15) is 5.26 Å². The molecule has 0 aliphatic carbocycles. The van der Waals surface area contributed by atoms with Crippen LogP contribution in [0.25, 0.3) is 0 Å². The van der Waals surface area contributed by atoms with E-state index in [2.05, 4.69) is 6.07 Å². The molecule has 0 unspecified atom stereocenters. The maximum Gasteiger partial charge on any atom is 0.0982 e. The average molecular weight is 187 g/mol. The minimum Gasteiger partial charge on any atom is -0.500 e. The molecule has 0 atom stereocenters. The summed E-state index contributed by atoms with van der Waals surface area (Å²) >= 11 is 0. The van der Waals surface area contributed by atoms with Crippen molar-refractivity contribution in [3.63, 3.8) is 0 Å². The van der Waals surface area contributed by atoms with E-state index in [1.807, 2.05) is 37.3 Å². The average Bonchev–Trinajstić information content (AvgIpc) is 2.25. The summed E-state index contributed by atoms with van der Waals surface area (Å²) in [5, 5.41) is 8.82. The van der Waals surface area contributed by atoms with Crippen molar-refractivity contribution in [1.29, 1.82) is 5.26 Å². The summed E-state index contributed by atoms with van der Waals surface area (Å²) in [6.45, 7) is 2.49. The zero-order chi connectivity index (χ0) is 10.2. The molecule has 2 nitrogen and oxygen atoms in total. The Labute approximate surface area is 84.4 Å². The van der Waals surface area contributed by atoms with Crippen LogP contribution in [0, 0.1) is 11.3 Å². The van der Waals surface area contributed by atoms with Gasteiger partial charge in [-0.25, -0.2) is 0 Å². The summed E-state index contributed by atoms with van der Waals surface area (Å²) in [6.07, 6.45) is 2.17. The van der Waals surface area contributed by atoms with Crippen LogP contribution < -0.4 is 0 Å². The Morgan fingerprint density at radius 3 is 2.71 bits per heavy atom. The first-order chi connectivity index (χ1) is 6.86. The Morgan fingerprint density at radius 1 is 1.43 bits per heavy atom. The fourth-order valence-corrected chi connectivity index (χ4v) is 1.11. The third kappa shape index (κ3) is 3.32. The SMILES string of the molecule is CCO/C=C(\C#N)Cc1ccccc1. The van der Waals surface area contributed by atoms with Crippen molar-refractivity contribution in [3.05, 3.63) is 47.7 Å². The van der Waals surface area contributed by atoms with E-state index in [9.17, 15) is 0 Å². The lowest BCUT2D eigenvalue weighted by Gasteiger charge is -1.99. The molecule has 0 spiro atoms. The topological polar surface area (TPSA) is 33.0 Å². The van der Waals surface area contributed by atoms with Crippen LogP contribution in [0.1, 0.15) is 12.5 Å². The van der Waals surface area contributed by atoms with Gasteiger partial charge in [0.25, 0.3) is 0 Å². The fourth-order valence-electron chi connectivity index (χ4n) is 1.11. The molecule has 72 valence electrons. The normalized spacial score (nSPS) is 10.7. The van der Waals surface area contributed by atoms with Gasteiger partial charge in [0.2, 0.25) is 0 Å². The summed E-state index contributed by atoms with van der Waals surface area (Å²) < 4.78 is 5.07. The number of rotatable bonds is 4. The standard InChI is InChI=1S/C12H13NO/c1-2-14-10-12(9-13)8-11-6-4-3-5-7-11/h3-7,10H,2,8H2,1H3/b12-10-. The summed E-state index contributed by atoms with van der Waals surface area (Å²) in [6, 6.07) is 12.0. The van der Waals surface area contributed by atoms with E-state index in [0.29, 0.717) is 18.6 Å². The van der Waals surface area contributed by atoms with Crippen molar-refractivity contribution >= 4 is 0 Å². The van der Waals surface area contributed by atoms with E-state index in [4.69, 9.17) is 10.00 Å². The van der Waals surface area contributed by atoms with Crippen LogP contribution in [-0.2, 0) is 11.2 Å². The Hall–Kier alpha value is -1.75. The summed E-state index contributed by atoms with van der Waals surface area (Å²) in [5.41, 5.74) is 1.78. The monoisotopic (exact) mass is 187 g/mol. The lowest BCUT2D eigenvalue weighted by molar-refractivity contribution is 0.266. The van der Waals surface area contributed by atoms with Crippen molar-refractivity contribution in [2.24, 2.45) is 0 Å². The summed E-state index contributed by atoms with van der Waals surface area (Å²) in [7, 11) is 0. The molecule has 0 aliphatic heterocycles. The minimum atomic E-state index is 0.597. The summed E-state index contributed by atoms with van der Waals surface area (Å²) in [4.78, 5) is 0. The van der Waals surface area contributed by atoms with E-state index < -0.39 is 0 Å². The van der Waals surface area contributed by atoms with Gasteiger partial charge >= 0.3 is 0 Å². The number of benzene rings is 1. The molecule has 1 rings (SSSR count). The maximum absolute atomic E-state index is 8.82. The van der Waals surface area contributed by atoms with Crippen molar-refractivity contribution in [1.82, 2.24) is 0 Å². The first kappa shape index (κ1) is 10.3. The molecule has 1 aromatic rings. The molecule has 0 aromatic heterocycles. The lowest BCUT2D eigenvalue weighted by Crippen LogP contribution is -1.90. The van der Waals surface area contributed by atoms with Crippen LogP contribution in [0.4, 0.5) is 0 Å². The number of allylic oxidation sites excluding steroid dienone is 1. The molecular formula is C12H13NO. The highest BCUT2D eigenvalue weighted by Crippen LogP contribution is 2.06. The molecule has 2 heteroatoms. The number of nitrogens with zero attached hydrogens (tertiary/aromatic N) is 1. The highest BCUT2D eigenvalue weighted by Gasteiger charge is 1.97. The molecule has 0 aliphatic rings. The molecule has 0 fully saturated rings. The van der Waals surface area contributed by atoms with Crippen LogP contribution >= 0.6 is 0 Å². The second-order valence-corrected chi connectivity index (χ2v) is 2.87. The Kier molecular flexibility index (Phi) is 4.30. The van der Waals surface area contributed by atoms with Gasteiger partial charge in [-0.05, 0) is 12.5 Å². The van der Waals surface area contributed by atoms with Gasteiger partial charge in [-0.1, -0.05) is 30.3 Å².